The zero-order valence-electron chi connectivity index (χ0n) is 14.1. The molecule has 1 atom stereocenters. The highest BCUT2D eigenvalue weighted by Crippen LogP contribution is 2.39. The normalized spacial score (nSPS) is 27.1. The number of rotatable bonds is 3. The molecule has 3 aliphatic rings. The Morgan fingerprint density at radius 1 is 1.22 bits per heavy atom. The Kier molecular flexibility index (Phi) is 4.18. The lowest BCUT2D eigenvalue weighted by molar-refractivity contribution is -0.133. The van der Waals surface area contributed by atoms with Crippen molar-refractivity contribution in [1.82, 2.24) is 15.2 Å². The smallest absolute Gasteiger partial charge is 0.241 e. The van der Waals surface area contributed by atoms with Gasteiger partial charge < -0.3 is 5.32 Å². The number of carbonyl (C=O) groups excluding carboxylic acids is 1. The zero-order valence-corrected chi connectivity index (χ0v) is 14.9. The summed E-state index contributed by atoms with van der Waals surface area (Å²) in [5.41, 5.74) is 0.931. The lowest BCUT2D eigenvalue weighted by atomic mass is 9.91. The molecule has 1 saturated heterocycles. The van der Waals surface area contributed by atoms with Crippen LogP contribution in [0.15, 0.2) is 0 Å². The molecule has 0 unspecified atom stereocenters. The Balaban J connectivity index is 1.55. The van der Waals surface area contributed by atoms with E-state index >= 15 is 0 Å². The molecule has 2 aliphatic carbocycles. The first-order valence-electron chi connectivity index (χ1n) is 9.21. The fraction of sp³-hybridized carbons (Fsp3) is 0.778. The highest BCUT2D eigenvalue weighted by atomic mass is 32.1. The van der Waals surface area contributed by atoms with Crippen molar-refractivity contribution >= 4 is 17.2 Å². The van der Waals surface area contributed by atoms with Crippen molar-refractivity contribution in [3.05, 3.63) is 15.6 Å². The number of hydrogen-bond donors (Lipinski definition) is 1. The number of thiazole rings is 1. The van der Waals surface area contributed by atoms with Crippen LogP contribution in [0.4, 0.5) is 0 Å². The minimum atomic E-state index is -0.223. The first-order chi connectivity index (χ1) is 11.2. The molecule has 1 saturated carbocycles. The second-order valence-electron chi connectivity index (χ2n) is 7.39. The number of likely N-dealkylation sites (tertiary alicyclic amines) is 1. The maximum Gasteiger partial charge on any atom is 0.241 e. The van der Waals surface area contributed by atoms with Crippen molar-refractivity contribution in [2.45, 2.75) is 76.3 Å². The molecular formula is C18H27N3OS. The summed E-state index contributed by atoms with van der Waals surface area (Å²) in [6, 6.07) is 0.135. The van der Waals surface area contributed by atoms with E-state index in [0.29, 0.717) is 0 Å². The number of nitrogens with zero attached hydrogens (tertiary/aromatic N) is 2. The fourth-order valence-electron chi connectivity index (χ4n) is 4.77. The van der Waals surface area contributed by atoms with Gasteiger partial charge in [-0.15, -0.1) is 11.3 Å². The van der Waals surface area contributed by atoms with Crippen molar-refractivity contribution in [2.75, 3.05) is 13.1 Å². The van der Waals surface area contributed by atoms with E-state index in [-0.39, 0.29) is 17.5 Å². The van der Waals surface area contributed by atoms with E-state index in [2.05, 4.69) is 17.1 Å². The van der Waals surface area contributed by atoms with Crippen LogP contribution in [0.5, 0.6) is 0 Å². The largest absolute Gasteiger partial charge is 0.346 e. The molecule has 0 aromatic carbocycles. The Hall–Kier alpha value is -0.940. The van der Waals surface area contributed by atoms with E-state index in [1.165, 1.54) is 30.6 Å². The van der Waals surface area contributed by atoms with Gasteiger partial charge in [0.2, 0.25) is 5.91 Å². The summed E-state index contributed by atoms with van der Waals surface area (Å²) in [5, 5.41) is 4.54. The predicted octanol–water partition coefficient (Wildman–Crippen LogP) is 3.35. The number of nitrogens with one attached hydrogen (secondary N) is 1. The van der Waals surface area contributed by atoms with Gasteiger partial charge in [-0.05, 0) is 65.0 Å². The lowest BCUT2D eigenvalue weighted by Gasteiger charge is -2.38. The number of aryl methyl sites for hydroxylation is 2. The number of amides is 1. The molecule has 5 heteroatoms. The van der Waals surface area contributed by atoms with E-state index in [0.717, 1.165) is 55.9 Å². The lowest BCUT2D eigenvalue weighted by Crippen LogP contribution is -2.57. The van der Waals surface area contributed by atoms with E-state index < -0.39 is 0 Å². The summed E-state index contributed by atoms with van der Waals surface area (Å²) in [5.74, 6) is 0.278. The molecule has 2 heterocycles. The van der Waals surface area contributed by atoms with Gasteiger partial charge in [0.05, 0.1) is 16.7 Å². The quantitative estimate of drug-likeness (QED) is 0.922. The number of aromatic nitrogens is 1. The molecule has 0 spiro atoms. The minimum absolute atomic E-state index is 0.135. The molecule has 0 radical (unpaired) electrons. The Labute approximate surface area is 142 Å². The molecule has 1 amide bonds. The summed E-state index contributed by atoms with van der Waals surface area (Å²) in [6.45, 7) is 4.27. The molecule has 1 aliphatic heterocycles. The summed E-state index contributed by atoms with van der Waals surface area (Å²) in [6.07, 6.45) is 10.3. The standard InChI is InChI=1S/C18H27N3OS/c1-13-19-16-14(7-6-8-15(16)23-13)20-17(22)18(9-2-3-10-18)21-11-4-5-12-21/h14H,2-12H2,1H3,(H,20,22)/t14-/m0/s1. The van der Waals surface area contributed by atoms with Crippen LogP contribution in [0.1, 0.15) is 73.0 Å². The Morgan fingerprint density at radius 3 is 2.70 bits per heavy atom. The minimum Gasteiger partial charge on any atom is -0.346 e. The number of hydrogen-bond acceptors (Lipinski definition) is 4. The molecule has 1 aromatic heterocycles. The highest BCUT2D eigenvalue weighted by molar-refractivity contribution is 7.11. The molecule has 4 rings (SSSR count). The van der Waals surface area contributed by atoms with Crippen LogP contribution >= 0.6 is 11.3 Å². The Bertz CT molecular complexity index is 585. The predicted molar refractivity (Wildman–Crippen MR) is 92.7 cm³/mol. The van der Waals surface area contributed by atoms with Crippen LogP contribution in [0.3, 0.4) is 0 Å². The molecule has 126 valence electrons. The van der Waals surface area contributed by atoms with E-state index in [9.17, 15) is 4.79 Å². The monoisotopic (exact) mass is 333 g/mol. The van der Waals surface area contributed by atoms with Gasteiger partial charge in [0.1, 0.15) is 5.54 Å². The van der Waals surface area contributed by atoms with Crippen molar-refractivity contribution in [3.63, 3.8) is 0 Å². The first-order valence-corrected chi connectivity index (χ1v) is 10.0. The average Bonchev–Trinajstić information content (AvgIpc) is 3.27. The number of carbonyl (C=O) groups is 1. The molecule has 1 aromatic rings. The molecular weight excluding hydrogens is 306 g/mol. The maximum absolute atomic E-state index is 13.3. The van der Waals surface area contributed by atoms with Crippen molar-refractivity contribution in [3.8, 4) is 0 Å². The third-order valence-electron chi connectivity index (χ3n) is 5.93. The van der Waals surface area contributed by atoms with Gasteiger partial charge in [0.25, 0.3) is 0 Å². The third kappa shape index (κ3) is 2.72. The molecule has 1 N–H and O–H groups in total. The second kappa shape index (κ2) is 6.17. The summed E-state index contributed by atoms with van der Waals surface area (Å²) < 4.78 is 0. The Morgan fingerprint density at radius 2 is 1.96 bits per heavy atom. The summed E-state index contributed by atoms with van der Waals surface area (Å²) in [7, 11) is 0. The average molecular weight is 334 g/mol. The third-order valence-corrected chi connectivity index (χ3v) is 6.98. The molecule has 23 heavy (non-hydrogen) atoms. The van der Waals surface area contributed by atoms with E-state index in [4.69, 9.17) is 4.98 Å². The van der Waals surface area contributed by atoms with Crippen LogP contribution in [-0.4, -0.2) is 34.4 Å². The zero-order chi connectivity index (χ0) is 15.9. The topological polar surface area (TPSA) is 45.2 Å². The van der Waals surface area contributed by atoms with Gasteiger partial charge in [-0.1, -0.05) is 12.8 Å². The summed E-state index contributed by atoms with van der Waals surface area (Å²) in [4.78, 5) is 21.9. The van der Waals surface area contributed by atoms with E-state index in [1.54, 1.807) is 11.3 Å². The van der Waals surface area contributed by atoms with Gasteiger partial charge in [-0.2, -0.15) is 0 Å². The molecule has 4 nitrogen and oxygen atoms in total. The second-order valence-corrected chi connectivity index (χ2v) is 8.68. The van der Waals surface area contributed by atoms with Crippen LogP contribution in [0.2, 0.25) is 0 Å². The SMILES string of the molecule is Cc1nc2c(s1)CCC[C@@H]2NC(=O)C1(N2CCCC2)CCCC1. The van der Waals surface area contributed by atoms with E-state index in [1.807, 2.05) is 0 Å². The maximum atomic E-state index is 13.3. The molecule has 0 bridgehead atoms. The fourth-order valence-corrected chi connectivity index (χ4v) is 5.80. The van der Waals surface area contributed by atoms with Gasteiger partial charge >= 0.3 is 0 Å². The number of fused-ring (bicyclic) bond motifs is 1. The van der Waals surface area contributed by atoms with Gasteiger partial charge in [0.15, 0.2) is 0 Å². The van der Waals surface area contributed by atoms with Crippen LogP contribution in [0, 0.1) is 6.92 Å². The first kappa shape index (κ1) is 15.6. The van der Waals surface area contributed by atoms with Gasteiger partial charge in [0, 0.05) is 4.88 Å². The van der Waals surface area contributed by atoms with Crippen LogP contribution < -0.4 is 5.32 Å². The van der Waals surface area contributed by atoms with Gasteiger partial charge in [-0.3, -0.25) is 9.69 Å². The highest BCUT2D eigenvalue weighted by Gasteiger charge is 2.47. The van der Waals surface area contributed by atoms with Crippen LogP contribution in [-0.2, 0) is 11.2 Å². The van der Waals surface area contributed by atoms with Crippen molar-refractivity contribution < 1.29 is 4.79 Å². The van der Waals surface area contributed by atoms with Crippen molar-refractivity contribution in [2.24, 2.45) is 0 Å². The summed E-state index contributed by atoms with van der Waals surface area (Å²) >= 11 is 1.80. The van der Waals surface area contributed by atoms with Crippen molar-refractivity contribution in [1.29, 1.82) is 0 Å². The van der Waals surface area contributed by atoms with Gasteiger partial charge in [-0.25, -0.2) is 4.98 Å². The van der Waals surface area contributed by atoms with Crippen LogP contribution in [0.25, 0.3) is 0 Å². The molecule has 2 fully saturated rings.